The van der Waals surface area contributed by atoms with E-state index < -0.39 is 5.60 Å². The van der Waals surface area contributed by atoms with Crippen LogP contribution in [0.1, 0.15) is 30.1 Å². The number of halogens is 1. The summed E-state index contributed by atoms with van der Waals surface area (Å²) in [5, 5.41) is 10.3. The molecule has 1 aromatic rings. The monoisotopic (exact) mass is 268 g/mol. The number of carbonyl (C=O) groups excluding carboxylic acids is 1. The Balaban J connectivity index is 2.15. The van der Waals surface area contributed by atoms with Gasteiger partial charge in [0.2, 0.25) is 0 Å². The molecule has 0 unspecified atom stereocenters. The van der Waals surface area contributed by atoms with Gasteiger partial charge in [-0.2, -0.15) is 0 Å². The molecule has 0 aromatic heterocycles. The molecule has 1 aromatic carbocycles. The molecular formula is C13H17ClN2O2. The van der Waals surface area contributed by atoms with E-state index in [1.54, 1.807) is 30.0 Å². The Bertz CT molecular complexity index is 464. The van der Waals surface area contributed by atoms with Crippen LogP contribution < -0.4 is 5.73 Å². The fourth-order valence-corrected chi connectivity index (χ4v) is 2.26. The molecule has 4 nitrogen and oxygen atoms in total. The lowest BCUT2D eigenvalue weighted by molar-refractivity contribution is -0.00198. The maximum absolute atomic E-state index is 12.3. The molecule has 1 heterocycles. The number of nitrogen functional groups attached to an aromatic ring is 1. The van der Waals surface area contributed by atoms with E-state index in [0.717, 1.165) is 0 Å². The predicted molar refractivity (Wildman–Crippen MR) is 71.6 cm³/mol. The van der Waals surface area contributed by atoms with Gasteiger partial charge in [-0.15, -0.1) is 0 Å². The first-order chi connectivity index (χ1) is 8.41. The number of aliphatic hydroxyl groups is 1. The lowest BCUT2D eigenvalue weighted by atomic mass is 9.93. The van der Waals surface area contributed by atoms with E-state index in [9.17, 15) is 9.90 Å². The number of nitrogens with zero attached hydrogens (tertiary/aromatic N) is 1. The third kappa shape index (κ3) is 2.60. The van der Waals surface area contributed by atoms with Gasteiger partial charge in [0.15, 0.2) is 0 Å². The Morgan fingerprint density at radius 1 is 1.44 bits per heavy atom. The molecule has 5 heteroatoms. The predicted octanol–water partition coefficient (Wildman–Crippen LogP) is 1.91. The zero-order valence-electron chi connectivity index (χ0n) is 10.3. The van der Waals surface area contributed by atoms with E-state index >= 15 is 0 Å². The molecule has 0 radical (unpaired) electrons. The number of rotatable bonds is 1. The van der Waals surface area contributed by atoms with Crippen molar-refractivity contribution in [3.8, 4) is 0 Å². The Kier molecular flexibility index (Phi) is 3.50. The maximum atomic E-state index is 12.3. The molecule has 0 spiro atoms. The molecule has 2 rings (SSSR count). The molecule has 1 saturated heterocycles. The topological polar surface area (TPSA) is 66.6 Å². The second kappa shape index (κ2) is 4.78. The van der Waals surface area contributed by atoms with Crippen molar-refractivity contribution >= 4 is 23.2 Å². The lowest BCUT2D eigenvalue weighted by Gasteiger charge is -2.36. The Hall–Kier alpha value is -1.26. The first-order valence-corrected chi connectivity index (χ1v) is 6.34. The largest absolute Gasteiger partial charge is 0.397 e. The van der Waals surface area contributed by atoms with Gasteiger partial charge in [-0.05, 0) is 31.9 Å². The van der Waals surface area contributed by atoms with Gasteiger partial charge in [-0.3, -0.25) is 4.79 Å². The van der Waals surface area contributed by atoms with Crippen molar-refractivity contribution in [2.75, 3.05) is 18.8 Å². The van der Waals surface area contributed by atoms with Gasteiger partial charge in [-0.25, -0.2) is 0 Å². The minimum atomic E-state index is -0.670. The minimum Gasteiger partial charge on any atom is -0.397 e. The molecule has 1 fully saturated rings. The highest BCUT2D eigenvalue weighted by molar-refractivity contribution is 6.33. The van der Waals surface area contributed by atoms with E-state index in [2.05, 4.69) is 0 Å². The van der Waals surface area contributed by atoms with Gasteiger partial charge in [0.25, 0.3) is 5.91 Å². The molecular weight excluding hydrogens is 252 g/mol. The van der Waals surface area contributed by atoms with E-state index in [4.69, 9.17) is 17.3 Å². The third-order valence-corrected chi connectivity index (χ3v) is 3.74. The highest BCUT2D eigenvalue weighted by atomic mass is 35.5. The van der Waals surface area contributed by atoms with Crippen molar-refractivity contribution in [1.29, 1.82) is 0 Å². The SMILES string of the molecule is CC1(O)CCN(C(=O)c2cccc(Cl)c2N)CC1. The van der Waals surface area contributed by atoms with Crippen LogP contribution in [-0.4, -0.2) is 34.6 Å². The number of likely N-dealkylation sites (tertiary alicyclic amines) is 1. The summed E-state index contributed by atoms with van der Waals surface area (Å²) in [6, 6.07) is 5.05. The van der Waals surface area contributed by atoms with Crippen molar-refractivity contribution in [3.05, 3.63) is 28.8 Å². The van der Waals surface area contributed by atoms with Crippen molar-refractivity contribution in [1.82, 2.24) is 4.90 Å². The Morgan fingerprint density at radius 3 is 2.67 bits per heavy atom. The summed E-state index contributed by atoms with van der Waals surface area (Å²) >= 11 is 5.91. The van der Waals surface area contributed by atoms with Crippen molar-refractivity contribution < 1.29 is 9.90 Å². The second-order valence-electron chi connectivity index (χ2n) is 4.99. The van der Waals surface area contributed by atoms with Crippen LogP contribution in [0.5, 0.6) is 0 Å². The summed E-state index contributed by atoms with van der Waals surface area (Å²) in [7, 11) is 0. The quantitative estimate of drug-likeness (QED) is 0.765. The van der Waals surface area contributed by atoms with Gasteiger partial charge in [0, 0.05) is 13.1 Å². The zero-order chi connectivity index (χ0) is 13.3. The molecule has 0 bridgehead atoms. The number of piperidine rings is 1. The van der Waals surface area contributed by atoms with Gasteiger partial charge in [-0.1, -0.05) is 17.7 Å². The first kappa shape index (κ1) is 13.2. The summed E-state index contributed by atoms with van der Waals surface area (Å²) in [6.07, 6.45) is 1.17. The molecule has 18 heavy (non-hydrogen) atoms. The first-order valence-electron chi connectivity index (χ1n) is 5.96. The molecule has 0 atom stereocenters. The molecule has 0 saturated carbocycles. The van der Waals surface area contributed by atoms with E-state index in [0.29, 0.717) is 42.2 Å². The number of anilines is 1. The maximum Gasteiger partial charge on any atom is 0.256 e. The number of benzene rings is 1. The number of hydrogen-bond donors (Lipinski definition) is 2. The number of hydrogen-bond acceptors (Lipinski definition) is 3. The van der Waals surface area contributed by atoms with Gasteiger partial charge < -0.3 is 15.7 Å². The fourth-order valence-electron chi connectivity index (χ4n) is 2.09. The minimum absolute atomic E-state index is 0.120. The fraction of sp³-hybridized carbons (Fsp3) is 0.462. The summed E-state index contributed by atoms with van der Waals surface area (Å²) in [5.74, 6) is -0.120. The van der Waals surface area contributed by atoms with Crippen molar-refractivity contribution in [2.24, 2.45) is 0 Å². The zero-order valence-corrected chi connectivity index (χ0v) is 11.1. The number of amides is 1. The van der Waals surface area contributed by atoms with Crippen LogP contribution in [0.15, 0.2) is 18.2 Å². The standard InChI is InChI=1S/C13H17ClN2O2/c1-13(18)5-7-16(8-6-13)12(17)9-3-2-4-10(14)11(9)15/h2-4,18H,5-8,15H2,1H3. The molecule has 3 N–H and O–H groups in total. The highest BCUT2D eigenvalue weighted by Gasteiger charge is 2.30. The molecule has 1 amide bonds. The molecule has 0 aliphatic carbocycles. The van der Waals surface area contributed by atoms with E-state index in [-0.39, 0.29) is 5.91 Å². The van der Waals surface area contributed by atoms with Gasteiger partial charge in [0.05, 0.1) is 21.9 Å². The molecule has 98 valence electrons. The smallest absolute Gasteiger partial charge is 0.256 e. The van der Waals surface area contributed by atoms with Crippen LogP contribution in [0.25, 0.3) is 0 Å². The van der Waals surface area contributed by atoms with Gasteiger partial charge >= 0.3 is 0 Å². The molecule has 1 aliphatic rings. The lowest BCUT2D eigenvalue weighted by Crippen LogP contribution is -2.45. The summed E-state index contributed by atoms with van der Waals surface area (Å²) in [6.45, 7) is 2.87. The summed E-state index contributed by atoms with van der Waals surface area (Å²) in [4.78, 5) is 14.0. The van der Waals surface area contributed by atoms with E-state index in [1.807, 2.05) is 0 Å². The van der Waals surface area contributed by atoms with Crippen LogP contribution in [0, 0.1) is 0 Å². The molecule has 1 aliphatic heterocycles. The Labute approximate surface area is 111 Å². The van der Waals surface area contributed by atoms with Crippen LogP contribution in [-0.2, 0) is 0 Å². The van der Waals surface area contributed by atoms with Crippen molar-refractivity contribution in [2.45, 2.75) is 25.4 Å². The number of para-hydroxylation sites is 1. The summed E-state index contributed by atoms with van der Waals surface area (Å²) in [5.41, 5.74) is 5.90. The number of carbonyl (C=O) groups is 1. The van der Waals surface area contributed by atoms with Crippen LogP contribution in [0.4, 0.5) is 5.69 Å². The Morgan fingerprint density at radius 2 is 2.06 bits per heavy atom. The highest BCUT2D eigenvalue weighted by Crippen LogP contribution is 2.26. The second-order valence-corrected chi connectivity index (χ2v) is 5.40. The van der Waals surface area contributed by atoms with Gasteiger partial charge in [0.1, 0.15) is 0 Å². The summed E-state index contributed by atoms with van der Waals surface area (Å²) < 4.78 is 0. The average Bonchev–Trinajstić information content (AvgIpc) is 2.32. The van der Waals surface area contributed by atoms with Crippen LogP contribution in [0.3, 0.4) is 0 Å². The average molecular weight is 269 g/mol. The normalized spacial score (nSPS) is 18.7. The third-order valence-electron chi connectivity index (χ3n) is 3.41. The van der Waals surface area contributed by atoms with E-state index in [1.165, 1.54) is 0 Å². The van der Waals surface area contributed by atoms with Crippen molar-refractivity contribution in [3.63, 3.8) is 0 Å². The number of nitrogens with two attached hydrogens (primary N) is 1. The van der Waals surface area contributed by atoms with Crippen LogP contribution in [0.2, 0.25) is 5.02 Å². The van der Waals surface area contributed by atoms with Crippen LogP contribution >= 0.6 is 11.6 Å².